The number of ketones is 1. The van der Waals surface area contributed by atoms with Crippen LogP contribution in [-0.2, 0) is 6.54 Å². The van der Waals surface area contributed by atoms with Crippen LogP contribution in [0.5, 0.6) is 5.75 Å². The molecule has 0 saturated carbocycles. The monoisotopic (exact) mass is 395 g/mol. The van der Waals surface area contributed by atoms with E-state index in [4.69, 9.17) is 10.5 Å². The van der Waals surface area contributed by atoms with Crippen molar-refractivity contribution in [2.45, 2.75) is 18.5 Å². The van der Waals surface area contributed by atoms with Gasteiger partial charge in [-0.15, -0.1) is 23.7 Å². The van der Waals surface area contributed by atoms with Gasteiger partial charge >= 0.3 is 0 Å². The normalized spacial score (nSPS) is 10.5. The molecule has 0 bridgehead atoms. The van der Waals surface area contributed by atoms with E-state index >= 15 is 0 Å². The number of fused-ring (bicyclic) bond motifs is 1. The van der Waals surface area contributed by atoms with Gasteiger partial charge in [-0.05, 0) is 31.2 Å². The van der Waals surface area contributed by atoms with Crippen molar-refractivity contribution >= 4 is 52.2 Å². The predicted molar refractivity (Wildman–Crippen MR) is 105 cm³/mol. The Labute approximate surface area is 160 Å². The van der Waals surface area contributed by atoms with Gasteiger partial charge in [0, 0.05) is 22.9 Å². The molecule has 2 heterocycles. The van der Waals surface area contributed by atoms with Crippen molar-refractivity contribution in [3.05, 3.63) is 45.9 Å². The summed E-state index contributed by atoms with van der Waals surface area (Å²) >= 11 is 2.88. The number of Topliss-reactive ketones (excluding diaryl/α,β-unsaturated/α-hetero) is 1. The Kier molecular flexibility index (Phi) is 6.78. The summed E-state index contributed by atoms with van der Waals surface area (Å²) in [4.78, 5) is 23.0. The molecule has 0 atom stereocenters. The fraction of sp³-hybridized carbons (Fsp3) is 0.235. The van der Waals surface area contributed by atoms with E-state index in [0.717, 1.165) is 31.4 Å². The van der Waals surface area contributed by atoms with Crippen LogP contribution in [-0.4, -0.2) is 28.6 Å². The number of thiophene rings is 1. The van der Waals surface area contributed by atoms with Gasteiger partial charge in [0.05, 0.1) is 23.3 Å². The van der Waals surface area contributed by atoms with Crippen LogP contribution in [0.1, 0.15) is 20.4 Å². The van der Waals surface area contributed by atoms with Gasteiger partial charge < -0.3 is 10.5 Å². The number of hydrogen-bond donors (Lipinski definition) is 1. The topological polar surface area (TPSA) is 78.1 Å². The summed E-state index contributed by atoms with van der Waals surface area (Å²) in [6.07, 6.45) is 0. The van der Waals surface area contributed by atoms with Crippen LogP contribution in [0.2, 0.25) is 0 Å². The van der Waals surface area contributed by atoms with Crippen LogP contribution in [0.25, 0.3) is 10.9 Å². The maximum Gasteiger partial charge on any atom is 0.183 e. The molecule has 0 radical (unpaired) electrons. The highest BCUT2D eigenvalue weighted by atomic mass is 35.5. The molecule has 3 rings (SSSR count). The average Bonchev–Trinajstić information content (AvgIpc) is 3.07. The summed E-state index contributed by atoms with van der Waals surface area (Å²) < 4.78 is 5.24. The first kappa shape index (κ1) is 19.7. The zero-order valence-electron chi connectivity index (χ0n) is 13.8. The van der Waals surface area contributed by atoms with Gasteiger partial charge in [-0.25, -0.2) is 9.97 Å². The number of rotatable bonds is 6. The van der Waals surface area contributed by atoms with Gasteiger partial charge in [0.2, 0.25) is 0 Å². The van der Waals surface area contributed by atoms with Crippen LogP contribution in [0, 0.1) is 6.92 Å². The van der Waals surface area contributed by atoms with E-state index in [2.05, 4.69) is 9.97 Å². The summed E-state index contributed by atoms with van der Waals surface area (Å²) in [7, 11) is 1.63. The van der Waals surface area contributed by atoms with Crippen molar-refractivity contribution in [3.63, 3.8) is 0 Å². The van der Waals surface area contributed by atoms with Crippen molar-refractivity contribution in [3.8, 4) is 5.75 Å². The molecule has 0 amide bonds. The number of carbonyl (C=O) groups excluding carboxylic acids is 1. The Balaban J connectivity index is 0.00000225. The van der Waals surface area contributed by atoms with Crippen molar-refractivity contribution in [1.29, 1.82) is 0 Å². The number of ether oxygens (including phenoxy) is 1. The minimum Gasteiger partial charge on any atom is -0.497 e. The summed E-state index contributed by atoms with van der Waals surface area (Å²) in [6, 6.07) is 9.42. The average molecular weight is 396 g/mol. The number of benzene rings is 1. The lowest BCUT2D eigenvalue weighted by Gasteiger charge is -2.07. The summed E-state index contributed by atoms with van der Waals surface area (Å²) in [5.74, 6) is 1.85. The molecule has 0 unspecified atom stereocenters. The van der Waals surface area contributed by atoms with E-state index in [1.165, 1.54) is 23.1 Å². The second kappa shape index (κ2) is 8.62. The molecule has 132 valence electrons. The van der Waals surface area contributed by atoms with Crippen LogP contribution < -0.4 is 10.5 Å². The molecule has 0 spiro atoms. The first-order valence-corrected chi connectivity index (χ1v) is 9.18. The van der Waals surface area contributed by atoms with E-state index in [1.807, 2.05) is 37.3 Å². The number of carbonyl (C=O) groups is 1. The van der Waals surface area contributed by atoms with E-state index in [0.29, 0.717) is 18.1 Å². The third-order valence-corrected chi connectivity index (χ3v) is 5.60. The van der Waals surface area contributed by atoms with Crippen molar-refractivity contribution in [2.24, 2.45) is 5.73 Å². The van der Waals surface area contributed by atoms with Gasteiger partial charge in [-0.3, -0.25) is 4.79 Å². The maximum atomic E-state index is 12.4. The molecule has 5 nitrogen and oxygen atoms in total. The van der Waals surface area contributed by atoms with Crippen LogP contribution in [0.15, 0.2) is 35.4 Å². The van der Waals surface area contributed by atoms with E-state index in [1.54, 1.807) is 7.11 Å². The van der Waals surface area contributed by atoms with E-state index < -0.39 is 0 Å². The molecule has 0 saturated heterocycles. The summed E-state index contributed by atoms with van der Waals surface area (Å²) in [5.41, 5.74) is 6.42. The van der Waals surface area contributed by atoms with Gasteiger partial charge in [0.15, 0.2) is 5.78 Å². The van der Waals surface area contributed by atoms with E-state index in [-0.39, 0.29) is 18.2 Å². The second-order valence-electron chi connectivity index (χ2n) is 5.14. The Bertz CT molecular complexity index is 899. The summed E-state index contributed by atoms with van der Waals surface area (Å²) in [6.45, 7) is 2.31. The highest BCUT2D eigenvalue weighted by molar-refractivity contribution is 8.00. The molecular formula is C17H18ClN3O2S2. The largest absolute Gasteiger partial charge is 0.497 e. The fourth-order valence-electron chi connectivity index (χ4n) is 2.27. The highest BCUT2D eigenvalue weighted by Crippen LogP contribution is 2.29. The molecular weight excluding hydrogens is 378 g/mol. The second-order valence-corrected chi connectivity index (χ2v) is 7.27. The number of aromatic nitrogens is 2. The van der Waals surface area contributed by atoms with E-state index in [9.17, 15) is 4.79 Å². The molecule has 0 aliphatic carbocycles. The minimum absolute atomic E-state index is 0. The van der Waals surface area contributed by atoms with Crippen LogP contribution >= 0.6 is 35.5 Å². The number of thioether (sulfide) groups is 1. The molecule has 0 aliphatic rings. The number of methoxy groups -OCH3 is 1. The first-order chi connectivity index (χ1) is 11.6. The number of aryl methyl sites for hydroxylation is 1. The third kappa shape index (κ3) is 4.49. The fourth-order valence-corrected chi connectivity index (χ4v) is 4.13. The van der Waals surface area contributed by atoms with Gasteiger partial charge in [-0.1, -0.05) is 11.8 Å². The summed E-state index contributed by atoms with van der Waals surface area (Å²) in [5, 5.41) is 1.73. The van der Waals surface area contributed by atoms with Crippen LogP contribution in [0.3, 0.4) is 0 Å². The smallest absolute Gasteiger partial charge is 0.183 e. The molecule has 3 aromatic rings. The number of halogens is 1. The Morgan fingerprint density at radius 2 is 2.08 bits per heavy atom. The third-order valence-electron chi connectivity index (χ3n) is 3.46. The molecule has 0 fully saturated rings. The number of nitrogens with two attached hydrogens (primary N) is 1. The zero-order chi connectivity index (χ0) is 17.1. The molecule has 25 heavy (non-hydrogen) atoms. The molecule has 2 aromatic heterocycles. The maximum absolute atomic E-state index is 12.4. The Morgan fingerprint density at radius 1 is 1.28 bits per heavy atom. The van der Waals surface area contributed by atoms with Crippen molar-refractivity contribution < 1.29 is 9.53 Å². The lowest BCUT2D eigenvalue weighted by molar-refractivity contribution is 0.102. The van der Waals surface area contributed by atoms with Gasteiger partial charge in [0.25, 0.3) is 0 Å². The molecule has 0 aliphatic heterocycles. The lowest BCUT2D eigenvalue weighted by atomic mass is 10.2. The highest BCUT2D eigenvalue weighted by Gasteiger charge is 2.13. The predicted octanol–water partition coefficient (Wildman–Crippen LogP) is 3.86. The number of hydrogen-bond acceptors (Lipinski definition) is 7. The number of nitrogens with zero attached hydrogens (tertiary/aromatic N) is 2. The van der Waals surface area contributed by atoms with Crippen molar-refractivity contribution in [2.75, 3.05) is 12.9 Å². The standard InChI is InChI=1S/C17H17N3O2S2.ClH/c1-10-19-14-7-11(22-2)3-5-13(14)17(20-10)23-9-15(21)16-6-4-12(8-18)24-16;/h3-7H,8-9,18H2,1-2H3;1H. The molecule has 8 heteroatoms. The van der Waals surface area contributed by atoms with Crippen molar-refractivity contribution in [1.82, 2.24) is 9.97 Å². The quantitative estimate of drug-likeness (QED) is 0.388. The Morgan fingerprint density at radius 3 is 2.76 bits per heavy atom. The van der Waals surface area contributed by atoms with Gasteiger partial charge in [0.1, 0.15) is 16.6 Å². The molecule has 1 aromatic carbocycles. The lowest BCUT2D eigenvalue weighted by Crippen LogP contribution is -2.01. The Hall–Kier alpha value is -1.67. The SMILES string of the molecule is COc1ccc2c(SCC(=O)c3ccc(CN)s3)nc(C)nc2c1.Cl. The van der Waals surface area contributed by atoms with Crippen LogP contribution in [0.4, 0.5) is 0 Å². The first-order valence-electron chi connectivity index (χ1n) is 7.38. The minimum atomic E-state index is 0. The van der Waals surface area contributed by atoms with Gasteiger partial charge in [-0.2, -0.15) is 0 Å². The molecule has 2 N–H and O–H groups in total. The zero-order valence-corrected chi connectivity index (χ0v) is 16.3.